The summed E-state index contributed by atoms with van der Waals surface area (Å²) in [6.45, 7) is 7.80. The van der Waals surface area contributed by atoms with Gasteiger partial charge < -0.3 is 4.74 Å². The van der Waals surface area contributed by atoms with E-state index in [1.165, 1.54) is 0 Å². The van der Waals surface area contributed by atoms with Gasteiger partial charge in [-0.05, 0) is 39.0 Å². The minimum absolute atomic E-state index is 0.276. The van der Waals surface area contributed by atoms with E-state index in [4.69, 9.17) is 4.74 Å². The van der Waals surface area contributed by atoms with Crippen molar-refractivity contribution in [3.05, 3.63) is 36.5 Å². The maximum absolute atomic E-state index is 6.26. The van der Waals surface area contributed by atoms with Crippen molar-refractivity contribution in [2.24, 2.45) is 0 Å². The van der Waals surface area contributed by atoms with Gasteiger partial charge in [0.15, 0.2) is 0 Å². The number of para-hydroxylation sites is 1. The summed E-state index contributed by atoms with van der Waals surface area (Å²) in [4.78, 5) is 6.89. The molecule has 3 nitrogen and oxygen atoms in total. The van der Waals surface area contributed by atoms with Crippen LogP contribution >= 0.6 is 0 Å². The van der Waals surface area contributed by atoms with Crippen molar-refractivity contribution < 1.29 is 4.74 Å². The van der Waals surface area contributed by atoms with Gasteiger partial charge in [-0.15, -0.1) is 0 Å². The Hall–Kier alpha value is -1.61. The number of rotatable bonds is 3. The highest BCUT2D eigenvalue weighted by molar-refractivity contribution is 5.84. The second kappa shape index (κ2) is 5.41. The van der Waals surface area contributed by atoms with E-state index in [1.807, 2.05) is 30.5 Å². The Kier molecular flexibility index (Phi) is 3.62. The molecule has 0 saturated carbocycles. The Balaban J connectivity index is 1.81. The van der Waals surface area contributed by atoms with Gasteiger partial charge in [0.2, 0.25) is 0 Å². The number of hydrogen-bond acceptors (Lipinski definition) is 3. The van der Waals surface area contributed by atoms with Crippen molar-refractivity contribution in [1.29, 1.82) is 0 Å². The number of aromatic nitrogens is 1. The molecule has 1 aliphatic rings. The predicted octanol–water partition coefficient (Wildman–Crippen LogP) is 3.48. The van der Waals surface area contributed by atoms with E-state index >= 15 is 0 Å². The smallest absolute Gasteiger partial charge is 0.130 e. The average Bonchev–Trinajstić information content (AvgIpc) is 2.80. The number of pyridine rings is 1. The van der Waals surface area contributed by atoms with Gasteiger partial charge in [-0.1, -0.05) is 12.1 Å². The third-order valence-electron chi connectivity index (χ3n) is 4.15. The second-order valence-electron chi connectivity index (χ2n) is 5.94. The molecule has 1 fully saturated rings. The fourth-order valence-electron chi connectivity index (χ4n) is 3.16. The molecule has 0 amide bonds. The van der Waals surface area contributed by atoms with Crippen LogP contribution in [0.4, 0.5) is 0 Å². The first kappa shape index (κ1) is 13.4. The highest BCUT2D eigenvalue weighted by atomic mass is 16.5. The monoisotopic (exact) mass is 270 g/mol. The number of benzene rings is 1. The number of nitrogens with zero attached hydrogens (tertiary/aromatic N) is 2. The first-order chi connectivity index (χ1) is 9.65. The summed E-state index contributed by atoms with van der Waals surface area (Å²) in [5.41, 5.74) is 0.997. The molecular formula is C17H22N2O. The van der Waals surface area contributed by atoms with Crippen LogP contribution in [-0.4, -0.2) is 34.6 Å². The van der Waals surface area contributed by atoms with E-state index in [-0.39, 0.29) is 6.10 Å². The predicted molar refractivity (Wildman–Crippen MR) is 82.1 cm³/mol. The van der Waals surface area contributed by atoms with Crippen LogP contribution in [0.5, 0.6) is 5.75 Å². The SMILES string of the molecule is CC(C)N1CC(Oc2ccnc3ccccc23)CC1C. The fraction of sp³-hybridized carbons (Fsp3) is 0.471. The van der Waals surface area contributed by atoms with Crippen molar-refractivity contribution in [1.82, 2.24) is 9.88 Å². The Labute approximate surface area is 120 Å². The quantitative estimate of drug-likeness (QED) is 0.853. The van der Waals surface area contributed by atoms with Crippen LogP contribution in [0.15, 0.2) is 36.5 Å². The van der Waals surface area contributed by atoms with Gasteiger partial charge in [0.25, 0.3) is 0 Å². The van der Waals surface area contributed by atoms with Crippen LogP contribution in [0.2, 0.25) is 0 Å². The van der Waals surface area contributed by atoms with Crippen molar-refractivity contribution in [3.63, 3.8) is 0 Å². The number of hydrogen-bond donors (Lipinski definition) is 0. The second-order valence-corrected chi connectivity index (χ2v) is 5.94. The topological polar surface area (TPSA) is 25.4 Å². The van der Waals surface area contributed by atoms with Crippen LogP contribution in [0, 0.1) is 0 Å². The van der Waals surface area contributed by atoms with Gasteiger partial charge in [0.1, 0.15) is 11.9 Å². The minimum atomic E-state index is 0.276. The van der Waals surface area contributed by atoms with Crippen molar-refractivity contribution in [2.75, 3.05) is 6.54 Å². The summed E-state index contributed by atoms with van der Waals surface area (Å²) >= 11 is 0. The summed E-state index contributed by atoms with van der Waals surface area (Å²) in [7, 11) is 0. The lowest BCUT2D eigenvalue weighted by molar-refractivity contribution is 0.178. The fourth-order valence-corrected chi connectivity index (χ4v) is 3.16. The van der Waals surface area contributed by atoms with Crippen molar-refractivity contribution >= 4 is 10.9 Å². The summed E-state index contributed by atoms with van der Waals surface area (Å²) in [6.07, 6.45) is 3.20. The maximum atomic E-state index is 6.26. The molecule has 0 aliphatic carbocycles. The largest absolute Gasteiger partial charge is 0.488 e. The molecule has 1 aromatic carbocycles. The molecule has 106 valence electrons. The molecule has 3 heteroatoms. The zero-order valence-corrected chi connectivity index (χ0v) is 12.4. The molecule has 1 aliphatic heterocycles. The normalized spacial score (nSPS) is 23.6. The maximum Gasteiger partial charge on any atom is 0.130 e. The summed E-state index contributed by atoms with van der Waals surface area (Å²) in [6, 6.07) is 11.3. The molecule has 0 radical (unpaired) electrons. The number of fused-ring (bicyclic) bond motifs is 1. The zero-order valence-electron chi connectivity index (χ0n) is 12.4. The highest BCUT2D eigenvalue weighted by Gasteiger charge is 2.32. The Morgan fingerprint density at radius 1 is 1.25 bits per heavy atom. The van der Waals surface area contributed by atoms with E-state index in [0.29, 0.717) is 12.1 Å². The molecule has 2 heterocycles. The lowest BCUT2D eigenvalue weighted by atomic mass is 10.2. The standard InChI is InChI=1S/C17H22N2O/c1-12(2)19-11-14(10-13(19)3)20-17-8-9-18-16-7-5-4-6-15(16)17/h4-9,12-14H,10-11H2,1-3H3. The van der Waals surface area contributed by atoms with Gasteiger partial charge in [-0.3, -0.25) is 9.88 Å². The number of likely N-dealkylation sites (tertiary alicyclic amines) is 1. The molecule has 1 saturated heterocycles. The first-order valence-electron chi connectivity index (χ1n) is 7.41. The summed E-state index contributed by atoms with van der Waals surface area (Å²) in [5.74, 6) is 0.957. The molecule has 2 unspecified atom stereocenters. The minimum Gasteiger partial charge on any atom is -0.488 e. The van der Waals surface area contributed by atoms with E-state index in [1.54, 1.807) is 0 Å². The third-order valence-corrected chi connectivity index (χ3v) is 4.15. The van der Waals surface area contributed by atoms with Crippen LogP contribution in [-0.2, 0) is 0 Å². The summed E-state index contributed by atoms with van der Waals surface area (Å²) in [5, 5.41) is 1.10. The van der Waals surface area contributed by atoms with Crippen molar-refractivity contribution in [3.8, 4) is 5.75 Å². The molecule has 3 rings (SSSR count). The highest BCUT2D eigenvalue weighted by Crippen LogP contribution is 2.28. The molecular weight excluding hydrogens is 248 g/mol. The van der Waals surface area contributed by atoms with Crippen LogP contribution in [0.25, 0.3) is 10.9 Å². The van der Waals surface area contributed by atoms with Crippen LogP contribution < -0.4 is 4.74 Å². The summed E-state index contributed by atoms with van der Waals surface area (Å²) < 4.78 is 6.26. The van der Waals surface area contributed by atoms with Gasteiger partial charge in [-0.25, -0.2) is 0 Å². The van der Waals surface area contributed by atoms with E-state index < -0.39 is 0 Å². The van der Waals surface area contributed by atoms with Gasteiger partial charge in [-0.2, -0.15) is 0 Å². The van der Waals surface area contributed by atoms with Gasteiger partial charge >= 0.3 is 0 Å². The van der Waals surface area contributed by atoms with Crippen LogP contribution in [0.1, 0.15) is 27.2 Å². The molecule has 1 aromatic heterocycles. The third kappa shape index (κ3) is 2.50. The van der Waals surface area contributed by atoms with Crippen molar-refractivity contribution in [2.45, 2.75) is 45.4 Å². The number of ether oxygens (including phenoxy) is 1. The van der Waals surface area contributed by atoms with Gasteiger partial charge in [0.05, 0.1) is 5.52 Å². The molecule has 0 spiro atoms. The average molecular weight is 270 g/mol. The molecule has 20 heavy (non-hydrogen) atoms. The molecule has 2 aromatic rings. The lowest BCUT2D eigenvalue weighted by Gasteiger charge is -2.24. The van der Waals surface area contributed by atoms with E-state index in [2.05, 4.69) is 36.7 Å². The zero-order chi connectivity index (χ0) is 14.1. The lowest BCUT2D eigenvalue weighted by Crippen LogP contribution is -2.34. The Morgan fingerprint density at radius 3 is 2.80 bits per heavy atom. The molecule has 0 bridgehead atoms. The first-order valence-corrected chi connectivity index (χ1v) is 7.41. The molecule has 0 N–H and O–H groups in total. The van der Waals surface area contributed by atoms with Gasteiger partial charge in [0, 0.05) is 36.6 Å². The molecule has 2 atom stereocenters. The Bertz CT molecular complexity index is 591. The van der Waals surface area contributed by atoms with E-state index in [9.17, 15) is 0 Å². The van der Waals surface area contributed by atoms with E-state index in [0.717, 1.165) is 29.6 Å². The van der Waals surface area contributed by atoms with Crippen LogP contribution in [0.3, 0.4) is 0 Å². The Morgan fingerprint density at radius 2 is 2.05 bits per heavy atom.